The van der Waals surface area contributed by atoms with Gasteiger partial charge >= 0.3 is 0 Å². The molecule has 0 heterocycles. The molecule has 0 unspecified atom stereocenters. The molecule has 2 aromatic rings. The van der Waals surface area contributed by atoms with Crippen LogP contribution in [0.25, 0.3) is 16.9 Å². The van der Waals surface area contributed by atoms with E-state index in [-0.39, 0.29) is 17.9 Å². The smallest absolute Gasteiger partial charge is 0.115 e. The van der Waals surface area contributed by atoms with Crippen molar-refractivity contribution in [3.05, 3.63) is 59.2 Å². The van der Waals surface area contributed by atoms with E-state index in [0.29, 0.717) is 10.8 Å². The van der Waals surface area contributed by atoms with Gasteiger partial charge in [-0.05, 0) is 78.6 Å². The van der Waals surface area contributed by atoms with Crippen LogP contribution in [0.4, 0.5) is 3.89 Å². The van der Waals surface area contributed by atoms with Crippen LogP contribution in [0.1, 0.15) is 41.0 Å². The topological polar surface area (TPSA) is 20.2 Å². The number of aliphatic hydroxyl groups is 1. The summed E-state index contributed by atoms with van der Waals surface area (Å²) in [4.78, 5) is 0.598. The molecule has 0 atom stereocenters. The molecule has 1 fully saturated rings. The lowest BCUT2D eigenvalue weighted by Gasteiger charge is -2.16. The third kappa shape index (κ3) is 2.78. The standard InChI is InChI=1S/C19H19FOS/c1-11-4-7-16(22-20)10-17(11)19-9-15(14-5-6-14)8-18(12(19)2)13(3)21/h4,7-10,14,21H,3,5-6H2,1-2H3. The van der Waals surface area contributed by atoms with Gasteiger partial charge in [0.1, 0.15) is 5.76 Å². The molecule has 0 spiro atoms. The van der Waals surface area contributed by atoms with Crippen molar-refractivity contribution in [3.8, 4) is 11.1 Å². The Morgan fingerprint density at radius 1 is 1.18 bits per heavy atom. The zero-order valence-corrected chi connectivity index (χ0v) is 13.6. The second-order valence-corrected chi connectivity index (χ2v) is 6.64. The fourth-order valence-corrected chi connectivity index (χ4v) is 3.19. The average molecular weight is 314 g/mol. The first-order valence-corrected chi connectivity index (χ1v) is 8.15. The predicted molar refractivity (Wildman–Crippen MR) is 92.0 cm³/mol. The van der Waals surface area contributed by atoms with Gasteiger partial charge in [0, 0.05) is 10.5 Å². The molecular weight excluding hydrogens is 295 g/mol. The number of halogens is 1. The number of aryl methyl sites for hydroxylation is 1. The van der Waals surface area contributed by atoms with Crippen molar-refractivity contribution < 1.29 is 8.99 Å². The number of aliphatic hydroxyl groups excluding tert-OH is 1. The highest BCUT2D eigenvalue weighted by molar-refractivity contribution is 7.94. The van der Waals surface area contributed by atoms with E-state index < -0.39 is 0 Å². The Morgan fingerprint density at radius 2 is 1.91 bits per heavy atom. The summed E-state index contributed by atoms with van der Waals surface area (Å²) < 4.78 is 12.9. The van der Waals surface area contributed by atoms with E-state index in [2.05, 4.69) is 12.6 Å². The highest BCUT2D eigenvalue weighted by Gasteiger charge is 2.25. The molecule has 0 saturated heterocycles. The Balaban J connectivity index is 2.23. The van der Waals surface area contributed by atoms with Gasteiger partial charge in [0.05, 0.1) is 12.1 Å². The van der Waals surface area contributed by atoms with E-state index >= 15 is 0 Å². The Hall–Kier alpha value is -1.74. The van der Waals surface area contributed by atoms with Gasteiger partial charge in [0.15, 0.2) is 0 Å². The van der Waals surface area contributed by atoms with E-state index in [4.69, 9.17) is 0 Å². The molecule has 3 heteroatoms. The van der Waals surface area contributed by atoms with Gasteiger partial charge in [-0.2, -0.15) is 3.89 Å². The van der Waals surface area contributed by atoms with Crippen molar-refractivity contribution in [1.82, 2.24) is 0 Å². The fraction of sp³-hybridized carbons (Fsp3) is 0.263. The van der Waals surface area contributed by atoms with Crippen LogP contribution < -0.4 is 0 Å². The first kappa shape index (κ1) is 15.2. The van der Waals surface area contributed by atoms with E-state index in [1.807, 2.05) is 32.0 Å². The molecule has 0 amide bonds. The van der Waals surface area contributed by atoms with Crippen molar-refractivity contribution in [1.29, 1.82) is 0 Å². The lowest BCUT2D eigenvalue weighted by molar-refractivity contribution is 0.513. The highest BCUT2D eigenvalue weighted by Crippen LogP contribution is 2.44. The quantitative estimate of drug-likeness (QED) is 0.663. The molecule has 0 bridgehead atoms. The molecule has 1 nitrogen and oxygen atoms in total. The maximum atomic E-state index is 12.9. The summed E-state index contributed by atoms with van der Waals surface area (Å²) in [6.07, 6.45) is 2.39. The second kappa shape index (κ2) is 5.81. The minimum Gasteiger partial charge on any atom is -0.508 e. The molecule has 3 rings (SSSR count). The van der Waals surface area contributed by atoms with Crippen molar-refractivity contribution >= 4 is 17.9 Å². The summed E-state index contributed by atoms with van der Waals surface area (Å²) in [5.41, 5.74) is 6.19. The zero-order chi connectivity index (χ0) is 15.9. The van der Waals surface area contributed by atoms with Crippen molar-refractivity contribution in [3.63, 3.8) is 0 Å². The molecule has 1 aliphatic rings. The van der Waals surface area contributed by atoms with Crippen LogP contribution in [0.5, 0.6) is 0 Å². The average Bonchev–Trinajstić information content (AvgIpc) is 3.33. The summed E-state index contributed by atoms with van der Waals surface area (Å²) in [7, 11) is 0. The molecule has 2 aromatic carbocycles. The number of benzene rings is 2. The van der Waals surface area contributed by atoms with Crippen molar-refractivity contribution in [2.75, 3.05) is 0 Å². The number of hydrogen-bond donors (Lipinski definition) is 1. The molecule has 1 aliphatic carbocycles. The first-order valence-electron chi connectivity index (χ1n) is 7.43. The predicted octanol–water partition coefficient (Wildman–Crippen LogP) is 6.35. The van der Waals surface area contributed by atoms with E-state index in [1.54, 1.807) is 6.07 Å². The van der Waals surface area contributed by atoms with E-state index in [1.165, 1.54) is 18.4 Å². The summed E-state index contributed by atoms with van der Waals surface area (Å²) >= 11 is 0.259. The summed E-state index contributed by atoms with van der Waals surface area (Å²) in [6, 6.07) is 9.84. The number of rotatable bonds is 4. The van der Waals surface area contributed by atoms with Crippen LogP contribution in [0, 0.1) is 13.8 Å². The van der Waals surface area contributed by atoms with Crippen LogP contribution in [-0.2, 0) is 0 Å². The molecule has 22 heavy (non-hydrogen) atoms. The third-order valence-corrected chi connectivity index (χ3v) is 4.81. The lowest BCUT2D eigenvalue weighted by Crippen LogP contribution is -1.96. The monoisotopic (exact) mass is 314 g/mol. The fourth-order valence-electron chi connectivity index (χ4n) is 2.91. The normalized spacial score (nSPS) is 14.1. The minimum atomic E-state index is 0.0925. The summed E-state index contributed by atoms with van der Waals surface area (Å²) in [5.74, 6) is 0.673. The summed E-state index contributed by atoms with van der Waals surface area (Å²) in [5, 5.41) is 9.91. The maximum Gasteiger partial charge on any atom is 0.115 e. The van der Waals surface area contributed by atoms with Gasteiger partial charge in [0.25, 0.3) is 0 Å². The van der Waals surface area contributed by atoms with Gasteiger partial charge in [-0.3, -0.25) is 0 Å². The van der Waals surface area contributed by atoms with Crippen LogP contribution in [0.2, 0.25) is 0 Å². The molecule has 1 saturated carbocycles. The Kier molecular flexibility index (Phi) is 4.00. The molecular formula is C19H19FOS. The molecule has 0 aliphatic heterocycles. The Morgan fingerprint density at radius 3 is 2.50 bits per heavy atom. The maximum absolute atomic E-state index is 12.9. The van der Waals surface area contributed by atoms with Gasteiger partial charge in [0.2, 0.25) is 0 Å². The highest BCUT2D eigenvalue weighted by atomic mass is 32.2. The van der Waals surface area contributed by atoms with Crippen LogP contribution in [0.15, 0.2) is 41.8 Å². The van der Waals surface area contributed by atoms with E-state index in [0.717, 1.165) is 27.8 Å². The van der Waals surface area contributed by atoms with Crippen molar-refractivity contribution in [2.45, 2.75) is 37.5 Å². The lowest BCUT2D eigenvalue weighted by atomic mass is 9.90. The molecule has 114 valence electrons. The first-order chi connectivity index (χ1) is 10.5. The zero-order valence-electron chi connectivity index (χ0n) is 12.8. The van der Waals surface area contributed by atoms with Gasteiger partial charge in [-0.15, -0.1) is 0 Å². The Bertz CT molecular complexity index is 747. The van der Waals surface area contributed by atoms with E-state index in [9.17, 15) is 8.99 Å². The molecule has 0 aromatic heterocycles. The minimum absolute atomic E-state index is 0.0925. The van der Waals surface area contributed by atoms with Gasteiger partial charge < -0.3 is 5.11 Å². The molecule has 1 N–H and O–H groups in total. The summed E-state index contributed by atoms with van der Waals surface area (Å²) in [6.45, 7) is 7.70. The van der Waals surface area contributed by atoms with Gasteiger partial charge in [-0.1, -0.05) is 18.7 Å². The van der Waals surface area contributed by atoms with Crippen LogP contribution >= 0.6 is 12.1 Å². The third-order valence-electron chi connectivity index (χ3n) is 4.38. The molecule has 0 radical (unpaired) electrons. The second-order valence-electron chi connectivity index (χ2n) is 6.02. The number of hydrogen-bond acceptors (Lipinski definition) is 2. The SMILES string of the molecule is C=C(O)c1cc(C2CC2)cc(-c2cc(SF)ccc2C)c1C. The van der Waals surface area contributed by atoms with Crippen molar-refractivity contribution in [2.24, 2.45) is 0 Å². The van der Waals surface area contributed by atoms with Crippen LogP contribution in [-0.4, -0.2) is 5.11 Å². The largest absolute Gasteiger partial charge is 0.508 e. The van der Waals surface area contributed by atoms with Crippen LogP contribution in [0.3, 0.4) is 0 Å². The Labute approximate surface area is 135 Å². The van der Waals surface area contributed by atoms with Gasteiger partial charge in [-0.25, -0.2) is 0 Å².